The lowest BCUT2D eigenvalue weighted by Gasteiger charge is -2.34. The molecule has 1 rings (SSSR count). The maximum Gasteiger partial charge on any atom is 0.411 e. The summed E-state index contributed by atoms with van der Waals surface area (Å²) in [5.74, 6) is 0.287. The minimum atomic E-state index is -4.23. The summed E-state index contributed by atoms with van der Waals surface area (Å²) in [5, 5.41) is 9.52. The molecule has 1 saturated heterocycles. The van der Waals surface area contributed by atoms with Crippen molar-refractivity contribution in [2.75, 3.05) is 32.8 Å². The molecule has 1 fully saturated rings. The number of hydrogen-bond acceptors (Lipinski definition) is 3. The summed E-state index contributed by atoms with van der Waals surface area (Å²) in [6.45, 7) is 3.29. The molecule has 2 unspecified atom stereocenters. The first kappa shape index (κ1) is 15.7. The molecule has 108 valence electrons. The number of aliphatic hydroxyl groups excluding tert-OH is 1. The first-order valence-corrected chi connectivity index (χ1v) is 6.43. The quantitative estimate of drug-likeness (QED) is 0.749. The van der Waals surface area contributed by atoms with Gasteiger partial charge in [0.05, 0.1) is 6.10 Å². The molecule has 0 bridgehead atoms. The number of alkyl halides is 3. The second kappa shape index (κ2) is 7.31. The van der Waals surface area contributed by atoms with Gasteiger partial charge in [0.25, 0.3) is 0 Å². The first-order valence-electron chi connectivity index (χ1n) is 6.43. The van der Waals surface area contributed by atoms with Crippen LogP contribution in [0.15, 0.2) is 0 Å². The lowest BCUT2D eigenvalue weighted by atomic mass is 9.93. The molecule has 2 atom stereocenters. The summed E-state index contributed by atoms with van der Waals surface area (Å²) >= 11 is 0. The fourth-order valence-electron chi connectivity index (χ4n) is 2.27. The molecule has 0 aromatic heterocycles. The van der Waals surface area contributed by atoms with E-state index in [1.807, 2.05) is 0 Å². The minimum Gasteiger partial charge on any atom is -0.393 e. The number of halogens is 3. The second-order valence-electron chi connectivity index (χ2n) is 4.96. The van der Waals surface area contributed by atoms with Gasteiger partial charge in [-0.15, -0.1) is 0 Å². The van der Waals surface area contributed by atoms with E-state index in [1.165, 1.54) is 0 Å². The van der Waals surface area contributed by atoms with Gasteiger partial charge in [-0.1, -0.05) is 0 Å². The van der Waals surface area contributed by atoms with Crippen molar-refractivity contribution < 1.29 is 23.0 Å². The van der Waals surface area contributed by atoms with Gasteiger partial charge in [-0.25, -0.2) is 0 Å². The van der Waals surface area contributed by atoms with E-state index in [0.29, 0.717) is 6.42 Å². The van der Waals surface area contributed by atoms with E-state index in [0.717, 1.165) is 32.5 Å². The molecule has 3 nitrogen and oxygen atoms in total. The van der Waals surface area contributed by atoms with Crippen LogP contribution >= 0.6 is 0 Å². The van der Waals surface area contributed by atoms with E-state index in [1.54, 1.807) is 6.92 Å². The largest absolute Gasteiger partial charge is 0.411 e. The van der Waals surface area contributed by atoms with E-state index >= 15 is 0 Å². The molecule has 0 amide bonds. The van der Waals surface area contributed by atoms with Crippen LogP contribution in [0.4, 0.5) is 13.2 Å². The summed E-state index contributed by atoms with van der Waals surface area (Å²) in [7, 11) is 0. The van der Waals surface area contributed by atoms with Crippen LogP contribution in [-0.2, 0) is 4.74 Å². The van der Waals surface area contributed by atoms with Gasteiger partial charge < -0.3 is 14.7 Å². The van der Waals surface area contributed by atoms with Crippen LogP contribution < -0.4 is 0 Å². The molecule has 0 radical (unpaired) electrons. The normalized spacial score (nSPS) is 24.2. The standard InChI is InChI=1S/C12H22F3NO2/c1-10(17)11-4-2-5-16(8-11)6-3-7-18-9-12(13,14)15/h10-11,17H,2-9H2,1H3. The third-order valence-corrected chi connectivity index (χ3v) is 3.25. The van der Waals surface area contributed by atoms with Crippen molar-refractivity contribution in [1.29, 1.82) is 0 Å². The average Bonchev–Trinajstić information content (AvgIpc) is 2.27. The van der Waals surface area contributed by atoms with Gasteiger partial charge in [0.15, 0.2) is 0 Å². The summed E-state index contributed by atoms with van der Waals surface area (Å²) in [5.41, 5.74) is 0. The number of hydrogen-bond donors (Lipinski definition) is 1. The zero-order chi connectivity index (χ0) is 13.6. The molecule has 0 aliphatic carbocycles. The lowest BCUT2D eigenvalue weighted by molar-refractivity contribution is -0.174. The Morgan fingerprint density at radius 1 is 1.44 bits per heavy atom. The Morgan fingerprint density at radius 3 is 2.78 bits per heavy atom. The smallest absolute Gasteiger partial charge is 0.393 e. The number of piperidine rings is 1. The minimum absolute atomic E-state index is 0.134. The van der Waals surface area contributed by atoms with Crippen LogP contribution in [0.25, 0.3) is 0 Å². The van der Waals surface area contributed by atoms with Crippen LogP contribution in [-0.4, -0.2) is 55.1 Å². The number of aliphatic hydroxyl groups is 1. The van der Waals surface area contributed by atoms with Crippen molar-refractivity contribution in [2.24, 2.45) is 5.92 Å². The van der Waals surface area contributed by atoms with Gasteiger partial charge in [0.1, 0.15) is 6.61 Å². The molecule has 0 spiro atoms. The van der Waals surface area contributed by atoms with E-state index in [4.69, 9.17) is 0 Å². The molecular weight excluding hydrogens is 247 g/mol. The van der Waals surface area contributed by atoms with Crippen LogP contribution in [0.3, 0.4) is 0 Å². The van der Waals surface area contributed by atoms with E-state index in [-0.39, 0.29) is 18.6 Å². The van der Waals surface area contributed by atoms with Crippen LogP contribution in [0, 0.1) is 5.92 Å². The third kappa shape index (κ3) is 6.56. The Morgan fingerprint density at radius 2 is 2.17 bits per heavy atom. The fraction of sp³-hybridized carbons (Fsp3) is 1.00. The second-order valence-corrected chi connectivity index (χ2v) is 4.96. The number of rotatable bonds is 6. The monoisotopic (exact) mass is 269 g/mol. The molecule has 6 heteroatoms. The van der Waals surface area contributed by atoms with Gasteiger partial charge in [0.2, 0.25) is 0 Å². The van der Waals surface area contributed by atoms with E-state index in [9.17, 15) is 18.3 Å². The Labute approximate surface area is 106 Å². The fourth-order valence-corrected chi connectivity index (χ4v) is 2.27. The van der Waals surface area contributed by atoms with Crippen LogP contribution in [0.1, 0.15) is 26.2 Å². The molecule has 0 saturated carbocycles. The Bertz CT molecular complexity index is 234. The summed E-state index contributed by atoms with van der Waals surface area (Å²) in [6.07, 6.45) is -1.88. The zero-order valence-electron chi connectivity index (χ0n) is 10.7. The molecule has 1 aliphatic rings. The highest BCUT2D eigenvalue weighted by Gasteiger charge is 2.27. The predicted octanol–water partition coefficient (Wildman–Crippen LogP) is 2.05. The Kier molecular flexibility index (Phi) is 6.38. The number of likely N-dealkylation sites (tertiary alicyclic amines) is 1. The molecule has 0 aromatic rings. The van der Waals surface area contributed by atoms with E-state index < -0.39 is 12.8 Å². The summed E-state index contributed by atoms with van der Waals surface area (Å²) < 4.78 is 40.0. The molecule has 0 aromatic carbocycles. The summed E-state index contributed by atoms with van der Waals surface area (Å²) in [4.78, 5) is 2.19. The van der Waals surface area contributed by atoms with Crippen molar-refractivity contribution in [3.63, 3.8) is 0 Å². The van der Waals surface area contributed by atoms with Gasteiger partial charge in [-0.3, -0.25) is 0 Å². The highest BCUT2D eigenvalue weighted by Crippen LogP contribution is 2.19. The number of nitrogens with zero attached hydrogens (tertiary/aromatic N) is 1. The Hall–Kier alpha value is -0.330. The van der Waals surface area contributed by atoms with Crippen molar-refractivity contribution in [2.45, 2.75) is 38.5 Å². The average molecular weight is 269 g/mol. The van der Waals surface area contributed by atoms with Crippen molar-refractivity contribution >= 4 is 0 Å². The molecule has 1 N–H and O–H groups in total. The van der Waals surface area contributed by atoms with Crippen molar-refractivity contribution in [3.8, 4) is 0 Å². The SMILES string of the molecule is CC(O)C1CCCN(CCCOCC(F)(F)F)C1. The first-order chi connectivity index (χ1) is 8.38. The van der Waals surface area contributed by atoms with Crippen LogP contribution in [0.2, 0.25) is 0 Å². The molecule has 18 heavy (non-hydrogen) atoms. The maximum atomic E-state index is 11.8. The third-order valence-electron chi connectivity index (χ3n) is 3.25. The number of ether oxygens (including phenoxy) is 1. The Balaban J connectivity index is 2.08. The highest BCUT2D eigenvalue weighted by atomic mass is 19.4. The lowest BCUT2D eigenvalue weighted by Crippen LogP contribution is -2.40. The highest BCUT2D eigenvalue weighted by molar-refractivity contribution is 4.76. The molecule has 1 heterocycles. The molecule has 1 aliphatic heterocycles. The van der Waals surface area contributed by atoms with E-state index in [2.05, 4.69) is 9.64 Å². The molecular formula is C12H22F3NO2. The van der Waals surface area contributed by atoms with Gasteiger partial charge in [-0.05, 0) is 38.6 Å². The zero-order valence-corrected chi connectivity index (χ0v) is 10.7. The van der Waals surface area contributed by atoms with Gasteiger partial charge in [-0.2, -0.15) is 13.2 Å². The summed E-state index contributed by atoms with van der Waals surface area (Å²) in [6, 6.07) is 0. The van der Waals surface area contributed by atoms with Crippen LogP contribution in [0.5, 0.6) is 0 Å². The van der Waals surface area contributed by atoms with Crippen molar-refractivity contribution in [1.82, 2.24) is 4.90 Å². The van der Waals surface area contributed by atoms with Crippen molar-refractivity contribution in [3.05, 3.63) is 0 Å². The topological polar surface area (TPSA) is 32.7 Å². The maximum absolute atomic E-state index is 11.8. The van der Waals surface area contributed by atoms with Gasteiger partial charge >= 0.3 is 6.18 Å². The predicted molar refractivity (Wildman–Crippen MR) is 62.3 cm³/mol. The van der Waals surface area contributed by atoms with Gasteiger partial charge in [0, 0.05) is 19.7 Å².